The number of rotatable bonds is 5. The maximum atomic E-state index is 9.61. The molecule has 3 rings (SSSR count). The smallest absolute Gasteiger partial charge is 0.115 e. The second-order valence-corrected chi connectivity index (χ2v) is 7.71. The van der Waals surface area contributed by atoms with Crippen LogP contribution in [0.15, 0.2) is 48.5 Å². The van der Waals surface area contributed by atoms with Gasteiger partial charge in [0.15, 0.2) is 0 Å². The van der Waals surface area contributed by atoms with E-state index in [0.717, 1.165) is 0 Å². The van der Waals surface area contributed by atoms with Gasteiger partial charge >= 0.3 is 0 Å². The molecule has 2 N–H and O–H groups in total. The first kappa shape index (κ1) is 17.8. The van der Waals surface area contributed by atoms with Gasteiger partial charge in [-0.3, -0.25) is 0 Å². The van der Waals surface area contributed by atoms with Crippen molar-refractivity contribution in [1.29, 1.82) is 0 Å². The van der Waals surface area contributed by atoms with Crippen molar-refractivity contribution in [3.05, 3.63) is 59.7 Å². The molecular formula is C23H30O2. The number of benzene rings is 2. The van der Waals surface area contributed by atoms with Crippen LogP contribution in [0.3, 0.4) is 0 Å². The van der Waals surface area contributed by atoms with E-state index in [-0.39, 0.29) is 0 Å². The molecule has 0 spiro atoms. The van der Waals surface area contributed by atoms with Crippen molar-refractivity contribution in [3.8, 4) is 11.5 Å². The van der Waals surface area contributed by atoms with E-state index in [1.807, 2.05) is 12.1 Å². The number of hydrogen-bond donors (Lipinski definition) is 2. The van der Waals surface area contributed by atoms with Crippen LogP contribution in [0.1, 0.15) is 68.9 Å². The summed E-state index contributed by atoms with van der Waals surface area (Å²) in [5.74, 6) is 3.26. The Labute approximate surface area is 151 Å². The van der Waals surface area contributed by atoms with Gasteiger partial charge in [-0.1, -0.05) is 44.5 Å². The molecule has 2 aromatic rings. The normalized spacial score (nSPS) is 23.1. The Morgan fingerprint density at radius 2 is 1.36 bits per heavy atom. The molecule has 2 nitrogen and oxygen atoms in total. The van der Waals surface area contributed by atoms with Crippen LogP contribution >= 0.6 is 0 Å². The summed E-state index contributed by atoms with van der Waals surface area (Å²) in [6, 6.07) is 15.6. The second-order valence-electron chi connectivity index (χ2n) is 7.71. The first-order valence-electron chi connectivity index (χ1n) is 9.66. The highest BCUT2D eigenvalue weighted by molar-refractivity contribution is 5.30. The minimum atomic E-state index is 0.349. The third-order valence-electron chi connectivity index (χ3n) is 6.18. The van der Waals surface area contributed by atoms with Gasteiger partial charge in [-0.25, -0.2) is 0 Å². The van der Waals surface area contributed by atoms with E-state index in [2.05, 4.69) is 38.1 Å². The standard InChI is InChI=1S/C23H30O2/c1-3-16(2)23(20-10-14-22(25)15-11-20)19-6-4-17(5-7-19)18-8-12-21(24)13-9-18/h8-17,19,23-25H,3-7H2,1-2H3. The van der Waals surface area contributed by atoms with Gasteiger partial charge in [0.2, 0.25) is 0 Å². The monoisotopic (exact) mass is 338 g/mol. The van der Waals surface area contributed by atoms with E-state index in [9.17, 15) is 10.2 Å². The molecule has 25 heavy (non-hydrogen) atoms. The minimum Gasteiger partial charge on any atom is -0.508 e. The Morgan fingerprint density at radius 3 is 1.88 bits per heavy atom. The topological polar surface area (TPSA) is 40.5 Å². The molecule has 1 aliphatic carbocycles. The SMILES string of the molecule is CCC(C)C(c1ccc(O)cc1)C1CCC(c2ccc(O)cc2)CC1. The van der Waals surface area contributed by atoms with Crippen LogP contribution in [0.4, 0.5) is 0 Å². The summed E-state index contributed by atoms with van der Waals surface area (Å²) in [5, 5.41) is 19.1. The lowest BCUT2D eigenvalue weighted by molar-refractivity contribution is 0.233. The first-order valence-corrected chi connectivity index (χ1v) is 9.66. The van der Waals surface area contributed by atoms with Crippen molar-refractivity contribution >= 4 is 0 Å². The van der Waals surface area contributed by atoms with Crippen LogP contribution in [0.2, 0.25) is 0 Å². The van der Waals surface area contributed by atoms with E-state index < -0.39 is 0 Å². The van der Waals surface area contributed by atoms with Gasteiger partial charge in [0, 0.05) is 0 Å². The van der Waals surface area contributed by atoms with Crippen molar-refractivity contribution in [2.45, 2.75) is 57.8 Å². The maximum absolute atomic E-state index is 9.61. The third-order valence-corrected chi connectivity index (χ3v) is 6.18. The summed E-state index contributed by atoms with van der Waals surface area (Å²) in [6.45, 7) is 4.64. The van der Waals surface area contributed by atoms with Gasteiger partial charge in [-0.05, 0) is 84.7 Å². The molecule has 0 heterocycles. The quantitative estimate of drug-likeness (QED) is 0.681. The number of aromatic hydroxyl groups is 2. The molecule has 134 valence electrons. The summed E-state index contributed by atoms with van der Waals surface area (Å²) in [7, 11) is 0. The number of hydrogen-bond acceptors (Lipinski definition) is 2. The van der Waals surface area contributed by atoms with Gasteiger partial charge < -0.3 is 10.2 Å². The summed E-state index contributed by atoms with van der Waals surface area (Å²) in [5.41, 5.74) is 2.74. The zero-order chi connectivity index (χ0) is 17.8. The molecule has 0 saturated heterocycles. The van der Waals surface area contributed by atoms with E-state index in [0.29, 0.717) is 35.2 Å². The number of phenolic OH excluding ortho intramolecular Hbond substituents is 2. The molecule has 1 aliphatic rings. The minimum absolute atomic E-state index is 0.349. The Morgan fingerprint density at radius 1 is 0.840 bits per heavy atom. The van der Waals surface area contributed by atoms with Gasteiger partial charge in [0.05, 0.1) is 0 Å². The molecule has 0 aromatic heterocycles. The molecule has 1 fully saturated rings. The van der Waals surface area contributed by atoms with Crippen LogP contribution in [0, 0.1) is 11.8 Å². The molecule has 0 radical (unpaired) electrons. The molecule has 2 aromatic carbocycles. The third kappa shape index (κ3) is 4.18. The Bertz CT molecular complexity index is 651. The molecule has 1 saturated carbocycles. The lowest BCUT2D eigenvalue weighted by Gasteiger charge is -2.37. The fourth-order valence-corrected chi connectivity index (χ4v) is 4.57. The lowest BCUT2D eigenvalue weighted by Crippen LogP contribution is -2.24. The fraction of sp³-hybridized carbons (Fsp3) is 0.478. The average Bonchev–Trinajstić information content (AvgIpc) is 2.64. The van der Waals surface area contributed by atoms with E-state index in [4.69, 9.17) is 0 Å². The predicted molar refractivity (Wildman–Crippen MR) is 103 cm³/mol. The molecular weight excluding hydrogens is 308 g/mol. The largest absolute Gasteiger partial charge is 0.508 e. The summed E-state index contributed by atoms with van der Waals surface area (Å²) in [4.78, 5) is 0. The maximum Gasteiger partial charge on any atom is 0.115 e. The molecule has 2 unspecified atom stereocenters. The Kier molecular flexibility index (Phi) is 5.67. The van der Waals surface area contributed by atoms with Crippen molar-refractivity contribution in [1.82, 2.24) is 0 Å². The van der Waals surface area contributed by atoms with Crippen LogP contribution in [-0.2, 0) is 0 Å². The van der Waals surface area contributed by atoms with Crippen LogP contribution in [-0.4, -0.2) is 10.2 Å². The van der Waals surface area contributed by atoms with Gasteiger partial charge in [0.1, 0.15) is 11.5 Å². The van der Waals surface area contributed by atoms with E-state index in [1.165, 1.54) is 43.2 Å². The highest BCUT2D eigenvalue weighted by Gasteiger charge is 2.31. The van der Waals surface area contributed by atoms with Crippen molar-refractivity contribution < 1.29 is 10.2 Å². The van der Waals surface area contributed by atoms with Crippen molar-refractivity contribution in [2.75, 3.05) is 0 Å². The van der Waals surface area contributed by atoms with Crippen molar-refractivity contribution in [3.63, 3.8) is 0 Å². The Hall–Kier alpha value is -1.96. The van der Waals surface area contributed by atoms with Gasteiger partial charge in [0.25, 0.3) is 0 Å². The van der Waals surface area contributed by atoms with E-state index in [1.54, 1.807) is 12.1 Å². The predicted octanol–water partition coefficient (Wildman–Crippen LogP) is 6.20. The van der Waals surface area contributed by atoms with Crippen LogP contribution in [0.25, 0.3) is 0 Å². The zero-order valence-electron chi connectivity index (χ0n) is 15.4. The molecule has 0 aliphatic heterocycles. The summed E-state index contributed by atoms with van der Waals surface area (Å²) in [6.07, 6.45) is 6.13. The Balaban J connectivity index is 1.71. The average molecular weight is 338 g/mol. The van der Waals surface area contributed by atoms with Gasteiger partial charge in [-0.15, -0.1) is 0 Å². The highest BCUT2D eigenvalue weighted by Crippen LogP contribution is 2.45. The highest BCUT2D eigenvalue weighted by atomic mass is 16.3. The fourth-order valence-electron chi connectivity index (χ4n) is 4.57. The number of phenols is 2. The van der Waals surface area contributed by atoms with Gasteiger partial charge in [-0.2, -0.15) is 0 Å². The lowest BCUT2D eigenvalue weighted by atomic mass is 9.68. The van der Waals surface area contributed by atoms with Crippen molar-refractivity contribution in [2.24, 2.45) is 11.8 Å². The summed E-state index contributed by atoms with van der Waals surface area (Å²) < 4.78 is 0. The summed E-state index contributed by atoms with van der Waals surface area (Å²) >= 11 is 0. The zero-order valence-corrected chi connectivity index (χ0v) is 15.4. The second kappa shape index (κ2) is 7.95. The molecule has 0 amide bonds. The molecule has 2 heteroatoms. The van der Waals surface area contributed by atoms with E-state index >= 15 is 0 Å². The molecule has 2 atom stereocenters. The van der Waals surface area contributed by atoms with Crippen LogP contribution < -0.4 is 0 Å². The van der Waals surface area contributed by atoms with Crippen LogP contribution in [0.5, 0.6) is 11.5 Å². The molecule has 0 bridgehead atoms. The first-order chi connectivity index (χ1) is 12.1.